The van der Waals surface area contributed by atoms with Crippen LogP contribution in [0.3, 0.4) is 0 Å². The predicted octanol–water partition coefficient (Wildman–Crippen LogP) is 3.16. The number of hydrogen-bond donors (Lipinski definition) is 4. The van der Waals surface area contributed by atoms with Crippen LogP contribution in [0.15, 0.2) is 54.6 Å². The van der Waals surface area contributed by atoms with Gasteiger partial charge < -0.3 is 5.32 Å². The maximum absolute atomic E-state index is 12.9. The van der Waals surface area contributed by atoms with Gasteiger partial charge >= 0.3 is 0 Å². The topological polar surface area (TPSA) is 99.3 Å². The maximum Gasteiger partial charge on any atom is 0.269 e. The van der Waals surface area contributed by atoms with E-state index in [-0.39, 0.29) is 22.8 Å². The van der Waals surface area contributed by atoms with E-state index < -0.39 is 11.8 Å². The largest absolute Gasteiger partial charge is 0.326 e. The molecule has 0 unspecified atom stereocenters. The number of carbonyl (C=O) groups is 3. The van der Waals surface area contributed by atoms with Crippen LogP contribution in [0.4, 0.5) is 10.1 Å². The molecule has 0 aliphatic carbocycles. The summed E-state index contributed by atoms with van der Waals surface area (Å²) in [5, 5.41) is 5.03. The molecule has 0 radical (unpaired) electrons. The number of amides is 3. The molecule has 0 heterocycles. The predicted molar refractivity (Wildman–Crippen MR) is 121 cm³/mol. The first kappa shape index (κ1) is 23.7. The SMILES string of the molecule is CC(C)CC(=O)Nc1ccc(C(=O)NNC(=S)NC(=O)C=Cc2ccc(F)cc2)cc1. The van der Waals surface area contributed by atoms with E-state index >= 15 is 0 Å². The first-order valence-electron chi connectivity index (χ1n) is 9.48. The summed E-state index contributed by atoms with van der Waals surface area (Å²) < 4.78 is 12.9. The molecular formula is C22H23FN4O3S. The molecule has 31 heavy (non-hydrogen) atoms. The second-order valence-electron chi connectivity index (χ2n) is 7.01. The molecule has 9 heteroatoms. The van der Waals surface area contributed by atoms with Crippen molar-refractivity contribution in [3.05, 3.63) is 71.6 Å². The monoisotopic (exact) mass is 442 g/mol. The van der Waals surface area contributed by atoms with Crippen LogP contribution < -0.4 is 21.5 Å². The lowest BCUT2D eigenvalue weighted by Gasteiger charge is -2.11. The summed E-state index contributed by atoms with van der Waals surface area (Å²) in [4.78, 5) is 35.8. The molecule has 0 spiro atoms. The Morgan fingerprint density at radius 3 is 2.26 bits per heavy atom. The van der Waals surface area contributed by atoms with E-state index in [1.54, 1.807) is 24.3 Å². The molecule has 2 aromatic carbocycles. The number of thiocarbonyl (C=S) groups is 1. The average Bonchev–Trinajstić information content (AvgIpc) is 2.71. The van der Waals surface area contributed by atoms with Gasteiger partial charge in [0, 0.05) is 23.7 Å². The van der Waals surface area contributed by atoms with Crippen molar-refractivity contribution in [1.29, 1.82) is 0 Å². The van der Waals surface area contributed by atoms with Gasteiger partial charge in [0.1, 0.15) is 5.82 Å². The van der Waals surface area contributed by atoms with Gasteiger partial charge in [0.15, 0.2) is 5.11 Å². The number of rotatable bonds is 6. The summed E-state index contributed by atoms with van der Waals surface area (Å²) in [5.74, 6) is -1.20. The zero-order valence-corrected chi connectivity index (χ0v) is 17.9. The second-order valence-corrected chi connectivity index (χ2v) is 7.41. The van der Waals surface area contributed by atoms with Crippen molar-refractivity contribution in [1.82, 2.24) is 16.2 Å². The highest BCUT2D eigenvalue weighted by Gasteiger charge is 2.09. The van der Waals surface area contributed by atoms with Crippen molar-refractivity contribution in [3.63, 3.8) is 0 Å². The summed E-state index contributed by atoms with van der Waals surface area (Å²) in [5.41, 5.74) is 6.37. The maximum atomic E-state index is 12.9. The molecule has 2 aromatic rings. The van der Waals surface area contributed by atoms with Crippen LogP contribution in [0.1, 0.15) is 36.2 Å². The summed E-state index contributed by atoms with van der Waals surface area (Å²) >= 11 is 4.96. The Hall–Kier alpha value is -3.59. The molecule has 7 nitrogen and oxygen atoms in total. The molecule has 0 aliphatic heterocycles. The van der Waals surface area contributed by atoms with E-state index in [1.807, 2.05) is 13.8 Å². The first-order valence-corrected chi connectivity index (χ1v) is 9.88. The molecule has 0 aliphatic rings. The lowest BCUT2D eigenvalue weighted by atomic mass is 10.1. The number of halogens is 1. The fourth-order valence-electron chi connectivity index (χ4n) is 2.40. The summed E-state index contributed by atoms with van der Waals surface area (Å²) in [6.07, 6.45) is 3.14. The molecule has 0 atom stereocenters. The summed E-state index contributed by atoms with van der Waals surface area (Å²) in [6.45, 7) is 3.91. The lowest BCUT2D eigenvalue weighted by molar-refractivity contribution is -0.117. The summed E-state index contributed by atoms with van der Waals surface area (Å²) in [7, 11) is 0. The minimum Gasteiger partial charge on any atom is -0.326 e. The van der Waals surface area contributed by atoms with Crippen molar-refractivity contribution in [2.24, 2.45) is 5.92 Å². The highest BCUT2D eigenvalue weighted by Crippen LogP contribution is 2.11. The van der Waals surface area contributed by atoms with Gasteiger partial charge in [0.2, 0.25) is 11.8 Å². The molecule has 0 saturated heterocycles. The zero-order chi connectivity index (χ0) is 22.8. The average molecular weight is 443 g/mol. The Labute approximate surface area is 185 Å². The number of hydrazine groups is 1. The van der Waals surface area contributed by atoms with Crippen LogP contribution in [0, 0.1) is 11.7 Å². The van der Waals surface area contributed by atoms with E-state index in [1.165, 1.54) is 36.4 Å². The number of hydrogen-bond acceptors (Lipinski definition) is 4. The van der Waals surface area contributed by atoms with E-state index in [2.05, 4.69) is 21.5 Å². The van der Waals surface area contributed by atoms with Gasteiger partial charge in [-0.25, -0.2) is 4.39 Å². The minimum absolute atomic E-state index is 0.0940. The third-order valence-electron chi connectivity index (χ3n) is 3.85. The van der Waals surface area contributed by atoms with Crippen LogP contribution >= 0.6 is 12.2 Å². The first-order chi connectivity index (χ1) is 14.7. The highest BCUT2D eigenvalue weighted by molar-refractivity contribution is 7.80. The minimum atomic E-state index is -0.516. The van der Waals surface area contributed by atoms with Crippen molar-refractivity contribution in [3.8, 4) is 0 Å². The van der Waals surface area contributed by atoms with Crippen molar-refractivity contribution >= 4 is 46.8 Å². The third-order valence-corrected chi connectivity index (χ3v) is 4.05. The molecule has 2 rings (SSSR count). The number of nitrogens with one attached hydrogen (secondary N) is 4. The molecule has 3 amide bonds. The van der Waals surface area contributed by atoms with Gasteiger partial charge in [-0.2, -0.15) is 0 Å². The Morgan fingerprint density at radius 2 is 1.65 bits per heavy atom. The Balaban J connectivity index is 1.78. The van der Waals surface area contributed by atoms with Crippen LogP contribution in [0.5, 0.6) is 0 Å². The molecule has 0 bridgehead atoms. The van der Waals surface area contributed by atoms with Gasteiger partial charge in [-0.05, 0) is 66.2 Å². The molecule has 4 N–H and O–H groups in total. The summed E-state index contributed by atoms with van der Waals surface area (Å²) in [6, 6.07) is 12.0. The van der Waals surface area contributed by atoms with Gasteiger partial charge in [0.25, 0.3) is 5.91 Å². The third kappa shape index (κ3) is 8.75. The molecule has 162 valence electrons. The lowest BCUT2D eigenvalue weighted by Crippen LogP contribution is -2.48. The van der Waals surface area contributed by atoms with Gasteiger partial charge in [0.05, 0.1) is 0 Å². The Morgan fingerprint density at radius 1 is 1.00 bits per heavy atom. The van der Waals surface area contributed by atoms with Gasteiger partial charge in [-0.15, -0.1) is 0 Å². The van der Waals surface area contributed by atoms with Crippen molar-refractivity contribution in [2.75, 3.05) is 5.32 Å². The smallest absolute Gasteiger partial charge is 0.269 e. The van der Waals surface area contributed by atoms with E-state index in [0.29, 0.717) is 23.2 Å². The van der Waals surface area contributed by atoms with Crippen molar-refractivity contribution in [2.45, 2.75) is 20.3 Å². The Bertz CT molecular complexity index is 973. The second kappa shape index (κ2) is 11.6. The molecule has 0 aromatic heterocycles. The Kier molecular flexibility index (Phi) is 8.83. The molecule has 0 saturated carbocycles. The number of benzene rings is 2. The van der Waals surface area contributed by atoms with Crippen LogP contribution in [0.25, 0.3) is 6.08 Å². The quantitative estimate of drug-likeness (QED) is 0.313. The van der Waals surface area contributed by atoms with E-state index in [9.17, 15) is 18.8 Å². The van der Waals surface area contributed by atoms with Gasteiger partial charge in [-0.1, -0.05) is 26.0 Å². The van der Waals surface area contributed by atoms with Gasteiger partial charge in [-0.3, -0.25) is 30.6 Å². The number of anilines is 1. The van der Waals surface area contributed by atoms with E-state index in [4.69, 9.17) is 12.2 Å². The highest BCUT2D eigenvalue weighted by atomic mass is 32.1. The standard InChI is InChI=1S/C22H23FN4O3S/c1-14(2)13-20(29)24-18-10-6-16(7-11-18)21(30)26-27-22(31)25-19(28)12-5-15-3-8-17(23)9-4-15/h3-12,14H,13H2,1-2H3,(H,24,29)(H,26,30)(H2,25,27,28,31). The fraction of sp³-hybridized carbons (Fsp3) is 0.182. The zero-order valence-electron chi connectivity index (χ0n) is 17.1. The van der Waals surface area contributed by atoms with Crippen LogP contribution in [-0.2, 0) is 9.59 Å². The number of carbonyl (C=O) groups excluding carboxylic acids is 3. The molecular weight excluding hydrogens is 419 g/mol. The van der Waals surface area contributed by atoms with Crippen LogP contribution in [-0.4, -0.2) is 22.8 Å². The van der Waals surface area contributed by atoms with Crippen LogP contribution in [0.2, 0.25) is 0 Å². The normalized spacial score (nSPS) is 10.6. The molecule has 0 fully saturated rings. The van der Waals surface area contributed by atoms with Crippen molar-refractivity contribution < 1.29 is 18.8 Å². The van der Waals surface area contributed by atoms with E-state index in [0.717, 1.165) is 0 Å². The fourth-order valence-corrected chi connectivity index (χ4v) is 2.56.